The van der Waals surface area contributed by atoms with Gasteiger partial charge in [0.1, 0.15) is 0 Å². The van der Waals surface area contributed by atoms with Crippen molar-refractivity contribution in [2.24, 2.45) is 0 Å². The lowest BCUT2D eigenvalue weighted by molar-refractivity contribution is 0.150. The van der Waals surface area contributed by atoms with E-state index in [2.05, 4.69) is 4.98 Å². The molecule has 7 heteroatoms. The van der Waals surface area contributed by atoms with E-state index in [1.54, 1.807) is 24.3 Å². The number of rotatable bonds is 3. The number of halogens is 3. The van der Waals surface area contributed by atoms with Gasteiger partial charge in [-0.2, -0.15) is 0 Å². The molecule has 128 valence electrons. The van der Waals surface area contributed by atoms with E-state index < -0.39 is 17.7 Å². The zero-order valence-electron chi connectivity index (χ0n) is 12.9. The molecule has 1 aromatic heterocycles. The number of alkyl halides is 2. The maximum Gasteiger partial charge on any atom is 0.333 e. The average molecular weight is 363 g/mol. The van der Waals surface area contributed by atoms with Crippen molar-refractivity contribution in [3.05, 3.63) is 73.4 Å². The number of H-pyrrole nitrogens is 1. The molecule has 0 amide bonds. The second-order valence-corrected chi connectivity index (χ2v) is 6.53. The maximum absolute atomic E-state index is 13.4. The Morgan fingerprint density at radius 3 is 2.52 bits per heavy atom. The molecule has 3 aromatic rings. The summed E-state index contributed by atoms with van der Waals surface area (Å²) in [6, 6.07) is 9.41. The van der Waals surface area contributed by atoms with Crippen LogP contribution in [-0.4, -0.2) is 9.55 Å². The van der Waals surface area contributed by atoms with Crippen molar-refractivity contribution >= 4 is 22.5 Å². The Balaban J connectivity index is 2.14. The highest BCUT2D eigenvalue weighted by Gasteiger charge is 2.30. The maximum atomic E-state index is 13.4. The fourth-order valence-electron chi connectivity index (χ4n) is 3.13. The Morgan fingerprint density at radius 1 is 1.16 bits per heavy atom. The standard InChI is InChI=1S/C18H13ClF2N2O2/c19-13-3-1-2-4-14(13)23-15-8-10(9-5-6-9)11(16(20)21)7-12(15)17(24)22-18(23)25/h1-4,7-9,16H,5-6H2,(H,22,24,25). The van der Waals surface area contributed by atoms with Crippen LogP contribution in [0.1, 0.15) is 36.3 Å². The van der Waals surface area contributed by atoms with Crippen LogP contribution in [0.3, 0.4) is 0 Å². The average Bonchev–Trinajstić information content (AvgIpc) is 3.40. The smallest absolute Gasteiger partial charge is 0.273 e. The molecule has 2 aromatic carbocycles. The number of nitrogens with zero attached hydrogens (tertiary/aromatic N) is 1. The van der Waals surface area contributed by atoms with E-state index in [1.807, 2.05) is 0 Å². The largest absolute Gasteiger partial charge is 0.333 e. The number of aromatic nitrogens is 2. The first-order chi connectivity index (χ1) is 12.0. The lowest BCUT2D eigenvalue weighted by Crippen LogP contribution is -2.29. The van der Waals surface area contributed by atoms with Crippen molar-refractivity contribution in [2.45, 2.75) is 25.2 Å². The molecule has 0 radical (unpaired) electrons. The zero-order chi connectivity index (χ0) is 17.7. The lowest BCUT2D eigenvalue weighted by atomic mass is 10.0. The molecule has 0 unspecified atom stereocenters. The van der Waals surface area contributed by atoms with Crippen LogP contribution in [0.25, 0.3) is 16.6 Å². The van der Waals surface area contributed by atoms with E-state index in [9.17, 15) is 18.4 Å². The highest BCUT2D eigenvalue weighted by atomic mass is 35.5. The normalized spacial score (nSPS) is 14.4. The van der Waals surface area contributed by atoms with Crippen molar-refractivity contribution in [1.82, 2.24) is 9.55 Å². The Hall–Kier alpha value is -2.47. The molecule has 0 bridgehead atoms. The van der Waals surface area contributed by atoms with Gasteiger partial charge < -0.3 is 0 Å². The first-order valence-corrected chi connectivity index (χ1v) is 8.21. The van der Waals surface area contributed by atoms with Gasteiger partial charge in [0, 0.05) is 5.56 Å². The van der Waals surface area contributed by atoms with Gasteiger partial charge >= 0.3 is 5.69 Å². The van der Waals surface area contributed by atoms with Gasteiger partial charge in [-0.05, 0) is 48.6 Å². The van der Waals surface area contributed by atoms with Gasteiger partial charge in [-0.25, -0.2) is 13.6 Å². The molecule has 0 saturated heterocycles. The molecule has 1 fully saturated rings. The van der Waals surface area contributed by atoms with Crippen molar-refractivity contribution in [2.75, 3.05) is 0 Å². The molecule has 4 nitrogen and oxygen atoms in total. The number of aromatic amines is 1. The molecule has 1 saturated carbocycles. The van der Waals surface area contributed by atoms with E-state index in [-0.39, 0.29) is 22.4 Å². The summed E-state index contributed by atoms with van der Waals surface area (Å²) < 4.78 is 28.1. The molecule has 4 rings (SSSR count). The minimum atomic E-state index is -2.68. The number of nitrogens with one attached hydrogen (secondary N) is 1. The van der Waals surface area contributed by atoms with Crippen LogP contribution in [0.4, 0.5) is 8.78 Å². The summed E-state index contributed by atoms with van der Waals surface area (Å²) in [5, 5.41) is 0.364. The van der Waals surface area contributed by atoms with Crippen molar-refractivity contribution < 1.29 is 8.78 Å². The molecular formula is C18H13ClF2N2O2. The predicted octanol–water partition coefficient (Wildman–Crippen LogP) is 4.15. The Kier molecular flexibility index (Phi) is 3.72. The Labute approximate surface area is 145 Å². The Bertz CT molecular complexity index is 1100. The van der Waals surface area contributed by atoms with Crippen LogP contribution < -0.4 is 11.2 Å². The van der Waals surface area contributed by atoms with Crippen LogP contribution in [0, 0.1) is 0 Å². The van der Waals surface area contributed by atoms with Crippen LogP contribution in [-0.2, 0) is 0 Å². The van der Waals surface area contributed by atoms with Gasteiger partial charge in [-0.1, -0.05) is 23.7 Å². The first-order valence-electron chi connectivity index (χ1n) is 7.83. The summed E-state index contributed by atoms with van der Waals surface area (Å²) in [4.78, 5) is 26.8. The number of fused-ring (bicyclic) bond motifs is 1. The zero-order valence-corrected chi connectivity index (χ0v) is 13.7. The van der Waals surface area contributed by atoms with Crippen LogP contribution in [0.5, 0.6) is 0 Å². The summed E-state index contributed by atoms with van der Waals surface area (Å²) in [5.74, 6) is 0.0440. The fraction of sp³-hybridized carbons (Fsp3) is 0.222. The lowest BCUT2D eigenvalue weighted by Gasteiger charge is -2.15. The Morgan fingerprint density at radius 2 is 1.88 bits per heavy atom. The van der Waals surface area contributed by atoms with Crippen molar-refractivity contribution in [1.29, 1.82) is 0 Å². The third kappa shape index (κ3) is 2.66. The summed E-state index contributed by atoms with van der Waals surface area (Å²) in [5.41, 5.74) is -0.321. The van der Waals surface area contributed by atoms with Gasteiger partial charge in [0.05, 0.1) is 21.6 Å². The predicted molar refractivity (Wildman–Crippen MR) is 92.1 cm³/mol. The number of para-hydroxylation sites is 1. The molecule has 0 aliphatic heterocycles. The van der Waals surface area contributed by atoms with Gasteiger partial charge in [0.25, 0.3) is 12.0 Å². The summed E-state index contributed by atoms with van der Waals surface area (Å²) in [6.45, 7) is 0. The second kappa shape index (κ2) is 5.81. The second-order valence-electron chi connectivity index (χ2n) is 6.12. The number of hydrogen-bond donors (Lipinski definition) is 1. The quantitative estimate of drug-likeness (QED) is 0.761. The fourth-order valence-corrected chi connectivity index (χ4v) is 3.35. The third-order valence-electron chi connectivity index (χ3n) is 4.46. The highest BCUT2D eigenvalue weighted by Crippen LogP contribution is 2.45. The molecule has 25 heavy (non-hydrogen) atoms. The summed E-state index contributed by atoms with van der Waals surface area (Å²) >= 11 is 6.20. The van der Waals surface area contributed by atoms with E-state index in [0.29, 0.717) is 16.3 Å². The van der Waals surface area contributed by atoms with Gasteiger partial charge in [-0.15, -0.1) is 0 Å². The van der Waals surface area contributed by atoms with E-state index in [1.165, 1.54) is 16.7 Å². The SMILES string of the molecule is O=c1[nH]c(=O)n(-c2ccccc2Cl)c2cc(C3CC3)c(C(F)F)cc12. The van der Waals surface area contributed by atoms with Gasteiger partial charge in [-0.3, -0.25) is 14.3 Å². The van der Waals surface area contributed by atoms with Crippen molar-refractivity contribution in [3.63, 3.8) is 0 Å². The molecule has 0 atom stereocenters. The van der Waals surface area contributed by atoms with Crippen LogP contribution >= 0.6 is 11.6 Å². The van der Waals surface area contributed by atoms with E-state index in [4.69, 9.17) is 11.6 Å². The number of benzene rings is 2. The molecule has 1 heterocycles. The van der Waals surface area contributed by atoms with Crippen molar-refractivity contribution in [3.8, 4) is 5.69 Å². The molecular weight excluding hydrogens is 350 g/mol. The van der Waals surface area contributed by atoms with Gasteiger partial charge in [0.15, 0.2) is 0 Å². The van der Waals surface area contributed by atoms with E-state index in [0.717, 1.165) is 12.8 Å². The van der Waals surface area contributed by atoms with Gasteiger partial charge in [0.2, 0.25) is 0 Å². The molecule has 0 spiro atoms. The topological polar surface area (TPSA) is 54.9 Å². The third-order valence-corrected chi connectivity index (χ3v) is 4.78. The molecule has 1 aliphatic rings. The summed E-state index contributed by atoms with van der Waals surface area (Å²) in [6.07, 6.45) is -1.03. The van der Waals surface area contributed by atoms with E-state index >= 15 is 0 Å². The van der Waals surface area contributed by atoms with Crippen LogP contribution in [0.15, 0.2) is 46.0 Å². The van der Waals surface area contributed by atoms with Crippen LogP contribution in [0.2, 0.25) is 5.02 Å². The minimum absolute atomic E-state index is 0.0409. The number of hydrogen-bond acceptors (Lipinski definition) is 2. The minimum Gasteiger partial charge on any atom is -0.273 e. The first kappa shape index (κ1) is 16.0. The monoisotopic (exact) mass is 362 g/mol. The molecule has 1 aliphatic carbocycles. The highest BCUT2D eigenvalue weighted by molar-refractivity contribution is 6.32. The molecule has 1 N–H and O–H groups in total. The summed E-state index contributed by atoms with van der Waals surface area (Å²) in [7, 11) is 0.